The highest BCUT2D eigenvalue weighted by Gasteiger charge is 2.10. The number of nitrogens with zero attached hydrogens (tertiary/aromatic N) is 4. The average Bonchev–Trinajstić information content (AvgIpc) is 3.02. The van der Waals surface area contributed by atoms with Gasteiger partial charge in [0.05, 0.1) is 0 Å². The molecule has 0 spiro atoms. The number of hydrogen-bond acceptors (Lipinski definition) is 5. The van der Waals surface area contributed by atoms with Gasteiger partial charge in [0.1, 0.15) is 11.6 Å². The van der Waals surface area contributed by atoms with E-state index < -0.39 is 5.82 Å². The first-order chi connectivity index (χ1) is 12.5. The van der Waals surface area contributed by atoms with E-state index in [-0.39, 0.29) is 11.5 Å². The van der Waals surface area contributed by atoms with Crippen LogP contribution in [0.2, 0.25) is 0 Å². The minimum absolute atomic E-state index is 0.286. The predicted octanol–water partition coefficient (Wildman–Crippen LogP) is 2.30. The van der Waals surface area contributed by atoms with E-state index in [2.05, 4.69) is 39.8 Å². The lowest BCUT2D eigenvalue weighted by Crippen LogP contribution is -2.26. The highest BCUT2D eigenvalue weighted by Crippen LogP contribution is 2.08. The first-order valence-corrected chi connectivity index (χ1v) is 8.52. The molecule has 8 heteroatoms. The molecule has 0 radical (unpaired) electrons. The van der Waals surface area contributed by atoms with Gasteiger partial charge in [-0.25, -0.2) is 4.39 Å². The van der Waals surface area contributed by atoms with Crippen molar-refractivity contribution in [1.29, 1.82) is 0 Å². The zero-order chi connectivity index (χ0) is 18.5. The molecule has 3 aromatic rings. The SMILES string of the molecule is CC(C)CNc1ccc2nnc(CCNC(=O)c3cccc(F)c3)n2n1. The summed E-state index contributed by atoms with van der Waals surface area (Å²) in [4.78, 5) is 12.0. The Hall–Kier alpha value is -3.03. The third kappa shape index (κ3) is 4.33. The van der Waals surface area contributed by atoms with Crippen LogP contribution in [0.4, 0.5) is 10.2 Å². The van der Waals surface area contributed by atoms with Gasteiger partial charge in [0.15, 0.2) is 11.5 Å². The van der Waals surface area contributed by atoms with Crippen molar-refractivity contribution in [3.8, 4) is 0 Å². The van der Waals surface area contributed by atoms with Crippen LogP contribution in [-0.2, 0) is 6.42 Å². The van der Waals surface area contributed by atoms with Crippen LogP contribution in [0.1, 0.15) is 30.0 Å². The van der Waals surface area contributed by atoms with Crippen LogP contribution in [-0.4, -0.2) is 38.8 Å². The van der Waals surface area contributed by atoms with E-state index in [1.54, 1.807) is 10.6 Å². The van der Waals surface area contributed by atoms with E-state index in [0.29, 0.717) is 30.4 Å². The van der Waals surface area contributed by atoms with Gasteiger partial charge in [-0.3, -0.25) is 4.79 Å². The molecule has 0 bridgehead atoms. The van der Waals surface area contributed by atoms with Crippen molar-refractivity contribution in [2.24, 2.45) is 5.92 Å². The smallest absolute Gasteiger partial charge is 0.251 e. The molecule has 1 amide bonds. The van der Waals surface area contributed by atoms with Gasteiger partial charge in [0, 0.05) is 25.1 Å². The number of anilines is 1. The predicted molar refractivity (Wildman–Crippen MR) is 96.5 cm³/mol. The number of fused-ring (bicyclic) bond motifs is 1. The number of aromatic nitrogens is 4. The molecule has 0 aliphatic rings. The zero-order valence-corrected chi connectivity index (χ0v) is 14.7. The summed E-state index contributed by atoms with van der Waals surface area (Å²) in [5.41, 5.74) is 0.931. The molecule has 1 aromatic carbocycles. The van der Waals surface area contributed by atoms with Crippen LogP contribution in [0.3, 0.4) is 0 Å². The minimum Gasteiger partial charge on any atom is -0.368 e. The van der Waals surface area contributed by atoms with Gasteiger partial charge >= 0.3 is 0 Å². The number of hydrogen-bond donors (Lipinski definition) is 2. The Bertz CT molecular complexity index is 908. The van der Waals surface area contributed by atoms with E-state index in [0.717, 1.165) is 12.4 Å². The highest BCUT2D eigenvalue weighted by atomic mass is 19.1. The fourth-order valence-corrected chi connectivity index (χ4v) is 2.41. The van der Waals surface area contributed by atoms with Crippen molar-refractivity contribution in [3.05, 3.63) is 53.6 Å². The third-order valence-corrected chi connectivity index (χ3v) is 3.74. The number of benzene rings is 1. The largest absolute Gasteiger partial charge is 0.368 e. The van der Waals surface area contributed by atoms with Crippen LogP contribution < -0.4 is 10.6 Å². The minimum atomic E-state index is -0.438. The second-order valence-electron chi connectivity index (χ2n) is 6.40. The molecule has 136 valence electrons. The normalized spacial score (nSPS) is 11.1. The van der Waals surface area contributed by atoms with Gasteiger partial charge in [-0.1, -0.05) is 19.9 Å². The standard InChI is InChI=1S/C18H21FN6O/c1-12(2)11-21-15-6-7-16-22-23-17(25(16)24-15)8-9-20-18(26)13-4-3-5-14(19)10-13/h3-7,10,12H,8-9,11H2,1-2H3,(H,20,26)(H,21,24). The Morgan fingerprint density at radius 1 is 1.23 bits per heavy atom. The van der Waals surface area contributed by atoms with Crippen LogP contribution in [0.15, 0.2) is 36.4 Å². The fourth-order valence-electron chi connectivity index (χ4n) is 2.41. The molecule has 0 unspecified atom stereocenters. The Kier molecular flexibility index (Phi) is 5.40. The lowest BCUT2D eigenvalue weighted by Gasteiger charge is -2.08. The Labute approximate surface area is 150 Å². The number of carbonyl (C=O) groups is 1. The number of nitrogens with one attached hydrogen (secondary N) is 2. The van der Waals surface area contributed by atoms with Crippen molar-refractivity contribution >= 4 is 17.4 Å². The van der Waals surface area contributed by atoms with Gasteiger partial charge in [-0.2, -0.15) is 4.52 Å². The van der Waals surface area contributed by atoms with Crippen molar-refractivity contribution in [1.82, 2.24) is 25.1 Å². The Balaban J connectivity index is 1.63. The quantitative estimate of drug-likeness (QED) is 0.679. The lowest BCUT2D eigenvalue weighted by atomic mass is 10.2. The molecule has 0 saturated carbocycles. The van der Waals surface area contributed by atoms with Crippen LogP contribution in [0.25, 0.3) is 5.65 Å². The summed E-state index contributed by atoms with van der Waals surface area (Å²) in [7, 11) is 0. The summed E-state index contributed by atoms with van der Waals surface area (Å²) in [5, 5.41) is 18.7. The maximum absolute atomic E-state index is 13.2. The van der Waals surface area contributed by atoms with Gasteiger partial charge in [0.2, 0.25) is 0 Å². The summed E-state index contributed by atoms with van der Waals surface area (Å²) >= 11 is 0. The van der Waals surface area contributed by atoms with Crippen LogP contribution in [0.5, 0.6) is 0 Å². The van der Waals surface area contributed by atoms with Crippen LogP contribution in [0, 0.1) is 11.7 Å². The number of rotatable bonds is 7. The first kappa shape index (κ1) is 17.8. The van der Waals surface area contributed by atoms with Gasteiger partial charge in [-0.05, 0) is 36.2 Å². The molecule has 7 nitrogen and oxygen atoms in total. The van der Waals surface area contributed by atoms with Crippen LogP contribution >= 0.6 is 0 Å². The molecule has 0 aliphatic carbocycles. The Morgan fingerprint density at radius 3 is 2.85 bits per heavy atom. The third-order valence-electron chi connectivity index (χ3n) is 3.74. The van der Waals surface area contributed by atoms with Crippen molar-refractivity contribution in [3.63, 3.8) is 0 Å². The van der Waals surface area contributed by atoms with Gasteiger partial charge in [0.25, 0.3) is 5.91 Å². The van der Waals surface area contributed by atoms with Gasteiger partial charge < -0.3 is 10.6 Å². The maximum atomic E-state index is 13.2. The number of amides is 1. The first-order valence-electron chi connectivity index (χ1n) is 8.52. The maximum Gasteiger partial charge on any atom is 0.251 e. The fraction of sp³-hybridized carbons (Fsp3) is 0.333. The van der Waals surface area contributed by atoms with Crippen molar-refractivity contribution in [2.45, 2.75) is 20.3 Å². The summed E-state index contributed by atoms with van der Waals surface area (Å²) in [6.07, 6.45) is 0.461. The molecule has 3 rings (SSSR count). The molecule has 0 saturated heterocycles. The summed E-state index contributed by atoms with van der Waals surface area (Å²) in [6.45, 7) is 5.41. The second kappa shape index (κ2) is 7.90. The summed E-state index contributed by atoms with van der Waals surface area (Å²) in [6, 6.07) is 9.29. The molecule has 0 aliphatic heterocycles. The zero-order valence-electron chi connectivity index (χ0n) is 14.7. The molecule has 0 fully saturated rings. The van der Waals surface area contributed by atoms with E-state index in [9.17, 15) is 9.18 Å². The molecule has 2 aromatic heterocycles. The van der Waals surface area contributed by atoms with E-state index >= 15 is 0 Å². The summed E-state index contributed by atoms with van der Waals surface area (Å²) < 4.78 is 14.8. The van der Waals surface area contributed by atoms with Gasteiger partial charge in [-0.15, -0.1) is 15.3 Å². The monoisotopic (exact) mass is 356 g/mol. The second-order valence-corrected chi connectivity index (χ2v) is 6.40. The molecule has 0 atom stereocenters. The lowest BCUT2D eigenvalue weighted by molar-refractivity contribution is 0.0953. The van der Waals surface area contributed by atoms with Crippen molar-refractivity contribution < 1.29 is 9.18 Å². The Morgan fingerprint density at radius 2 is 2.08 bits per heavy atom. The topological polar surface area (TPSA) is 84.2 Å². The average molecular weight is 356 g/mol. The molecular formula is C18H21FN6O. The van der Waals surface area contributed by atoms with E-state index in [1.165, 1.54) is 18.2 Å². The molecule has 2 N–H and O–H groups in total. The molecule has 2 heterocycles. The number of halogens is 1. The summed E-state index contributed by atoms with van der Waals surface area (Å²) in [5.74, 6) is 1.13. The highest BCUT2D eigenvalue weighted by molar-refractivity contribution is 5.94. The molecule has 26 heavy (non-hydrogen) atoms. The number of carbonyl (C=O) groups excluding carboxylic acids is 1. The van der Waals surface area contributed by atoms with Crippen molar-refractivity contribution in [2.75, 3.05) is 18.4 Å². The van der Waals surface area contributed by atoms with E-state index in [4.69, 9.17) is 0 Å². The van der Waals surface area contributed by atoms with E-state index in [1.807, 2.05) is 12.1 Å². The molecular weight excluding hydrogens is 335 g/mol.